The van der Waals surface area contributed by atoms with Crippen LogP contribution in [0.4, 0.5) is 10.5 Å². The van der Waals surface area contributed by atoms with Crippen LogP contribution in [0.2, 0.25) is 0 Å². The number of aliphatic hydroxyl groups is 1. The molecular formula is C36H54N4O8S. The van der Waals surface area contributed by atoms with Gasteiger partial charge in [-0.05, 0) is 88.4 Å². The second-order valence-electron chi connectivity index (χ2n) is 13.5. The lowest BCUT2D eigenvalue weighted by atomic mass is 9.96. The molecule has 1 aliphatic carbocycles. The Morgan fingerprint density at radius 3 is 2.43 bits per heavy atom. The van der Waals surface area contributed by atoms with E-state index < -0.39 is 22.0 Å². The normalized spacial score (nSPS) is 22.2. The van der Waals surface area contributed by atoms with Crippen LogP contribution in [0.3, 0.4) is 0 Å². The Bertz CT molecular complexity index is 1480. The summed E-state index contributed by atoms with van der Waals surface area (Å²) in [6.45, 7) is 6.43. The van der Waals surface area contributed by atoms with Gasteiger partial charge in [-0.25, -0.2) is 13.2 Å². The maximum Gasteiger partial charge on any atom is 0.317 e. The van der Waals surface area contributed by atoms with Crippen LogP contribution >= 0.6 is 0 Å². The van der Waals surface area contributed by atoms with E-state index in [4.69, 9.17) is 14.2 Å². The number of fused-ring (bicyclic) bond motifs is 1. The third-order valence-corrected chi connectivity index (χ3v) is 10.8. The largest absolute Gasteiger partial charge is 0.497 e. The number of benzene rings is 2. The van der Waals surface area contributed by atoms with Crippen molar-refractivity contribution in [3.8, 4) is 11.5 Å². The summed E-state index contributed by atoms with van der Waals surface area (Å²) in [6.07, 6.45) is 7.14. The van der Waals surface area contributed by atoms with Crippen LogP contribution in [0.25, 0.3) is 0 Å². The lowest BCUT2D eigenvalue weighted by molar-refractivity contribution is -0.0123. The molecular weight excluding hydrogens is 648 g/mol. The van der Waals surface area contributed by atoms with Gasteiger partial charge in [0.2, 0.25) is 0 Å². The van der Waals surface area contributed by atoms with E-state index in [0.29, 0.717) is 31.1 Å². The molecule has 1 heterocycles. The maximum absolute atomic E-state index is 14.4. The number of ether oxygens (including phenoxy) is 3. The second-order valence-corrected chi connectivity index (χ2v) is 15.1. The molecule has 0 unspecified atom stereocenters. The number of hydrogen-bond acceptors (Lipinski definition) is 8. The minimum atomic E-state index is -3.99. The summed E-state index contributed by atoms with van der Waals surface area (Å²) in [5.41, 5.74) is 0.365. The molecule has 0 saturated heterocycles. The van der Waals surface area contributed by atoms with E-state index in [0.717, 1.165) is 38.5 Å². The number of likely N-dealkylation sites (N-methyl/N-ethyl adjacent to an activating group) is 1. The molecule has 2 aromatic rings. The zero-order valence-corrected chi connectivity index (χ0v) is 30.3. The standard InChI is InChI=1S/C36H54N4O8S/c1-25-22-40(26(2)24-41)35(42)32-21-29(38-49(44,45)31-17-15-30(46-5)16-18-31)14-19-33(32)48-27(3)11-9-10-20-47-34(25)23-39(4)36(43)37-28-12-7-6-8-13-28/h14-19,21,25-28,34,38,41H,6-13,20,22-24H2,1-5H3,(H,37,43)/t25-,26-,27-,34-/m1/s1. The Morgan fingerprint density at radius 2 is 1.76 bits per heavy atom. The molecule has 4 atom stereocenters. The number of amides is 3. The van der Waals surface area contributed by atoms with Crippen molar-refractivity contribution in [1.29, 1.82) is 0 Å². The van der Waals surface area contributed by atoms with E-state index in [1.165, 1.54) is 31.7 Å². The van der Waals surface area contributed by atoms with Gasteiger partial charge in [0.15, 0.2) is 0 Å². The Kier molecular flexibility index (Phi) is 14.0. The van der Waals surface area contributed by atoms with Gasteiger partial charge < -0.3 is 34.4 Å². The molecule has 13 heteroatoms. The maximum atomic E-state index is 14.4. The van der Waals surface area contributed by atoms with Gasteiger partial charge in [-0.3, -0.25) is 9.52 Å². The summed E-state index contributed by atoms with van der Waals surface area (Å²) in [6, 6.07) is 10.1. The summed E-state index contributed by atoms with van der Waals surface area (Å²) in [5, 5.41) is 13.4. The van der Waals surface area contributed by atoms with Crippen molar-refractivity contribution in [1.82, 2.24) is 15.1 Å². The first-order chi connectivity index (χ1) is 23.4. The van der Waals surface area contributed by atoms with Gasteiger partial charge in [0.1, 0.15) is 11.5 Å². The van der Waals surface area contributed by atoms with Gasteiger partial charge in [-0.2, -0.15) is 0 Å². The van der Waals surface area contributed by atoms with Crippen LogP contribution in [0, 0.1) is 5.92 Å². The molecule has 3 N–H and O–H groups in total. The number of anilines is 1. The summed E-state index contributed by atoms with van der Waals surface area (Å²) in [5.74, 6) is 0.222. The zero-order chi connectivity index (χ0) is 35.6. The molecule has 0 bridgehead atoms. The monoisotopic (exact) mass is 702 g/mol. The molecule has 2 aliphatic rings. The first-order valence-electron chi connectivity index (χ1n) is 17.4. The topological polar surface area (TPSA) is 147 Å². The first kappa shape index (κ1) is 38.3. The highest BCUT2D eigenvalue weighted by atomic mass is 32.2. The van der Waals surface area contributed by atoms with Crippen molar-refractivity contribution in [3.63, 3.8) is 0 Å². The highest BCUT2D eigenvalue weighted by Gasteiger charge is 2.31. The van der Waals surface area contributed by atoms with Crippen LogP contribution < -0.4 is 19.5 Å². The van der Waals surface area contributed by atoms with Gasteiger partial charge in [0.05, 0.1) is 42.4 Å². The van der Waals surface area contributed by atoms with E-state index in [1.807, 2.05) is 13.8 Å². The first-order valence-corrected chi connectivity index (χ1v) is 18.9. The average molecular weight is 703 g/mol. The average Bonchev–Trinajstić information content (AvgIpc) is 3.09. The number of methoxy groups -OCH3 is 1. The number of carbonyl (C=O) groups excluding carboxylic acids is 2. The van der Waals surface area contributed by atoms with Crippen LogP contribution in [-0.4, -0.2) is 100 Å². The summed E-state index contributed by atoms with van der Waals surface area (Å²) in [7, 11) is -0.718. The molecule has 12 nitrogen and oxygen atoms in total. The molecule has 272 valence electrons. The third-order valence-electron chi connectivity index (χ3n) is 9.41. The van der Waals surface area contributed by atoms with Gasteiger partial charge in [0, 0.05) is 44.4 Å². The van der Waals surface area contributed by atoms with E-state index in [2.05, 4.69) is 10.0 Å². The van der Waals surface area contributed by atoms with Gasteiger partial charge in [-0.15, -0.1) is 0 Å². The van der Waals surface area contributed by atoms with Gasteiger partial charge >= 0.3 is 6.03 Å². The molecule has 49 heavy (non-hydrogen) atoms. The Morgan fingerprint density at radius 1 is 1.06 bits per heavy atom. The second kappa shape index (κ2) is 17.9. The predicted octanol–water partition coefficient (Wildman–Crippen LogP) is 5.27. The summed E-state index contributed by atoms with van der Waals surface area (Å²) in [4.78, 5) is 30.8. The smallest absolute Gasteiger partial charge is 0.317 e. The van der Waals surface area contributed by atoms with Crippen molar-refractivity contribution in [3.05, 3.63) is 48.0 Å². The SMILES string of the molecule is COc1ccc(S(=O)(=O)Nc2ccc3c(c2)C(=O)N([C@H](C)CO)C[C@@H](C)[C@@H](CN(C)C(=O)NC2CCCCC2)OCCCC[C@@H](C)O3)cc1. The molecule has 1 aliphatic heterocycles. The predicted molar refractivity (Wildman–Crippen MR) is 189 cm³/mol. The summed E-state index contributed by atoms with van der Waals surface area (Å²) < 4.78 is 46.9. The fraction of sp³-hybridized carbons (Fsp3) is 0.611. The van der Waals surface area contributed by atoms with Crippen molar-refractivity contribution >= 4 is 27.6 Å². The fourth-order valence-electron chi connectivity index (χ4n) is 6.30. The van der Waals surface area contributed by atoms with Crippen LogP contribution in [-0.2, 0) is 14.8 Å². The molecule has 4 rings (SSSR count). The molecule has 0 spiro atoms. The Labute approximate surface area is 291 Å². The van der Waals surface area contributed by atoms with Crippen molar-refractivity contribution in [2.24, 2.45) is 5.92 Å². The van der Waals surface area contributed by atoms with E-state index in [1.54, 1.807) is 48.0 Å². The number of sulfonamides is 1. The molecule has 2 aromatic carbocycles. The van der Waals surface area contributed by atoms with Crippen LogP contribution in [0.5, 0.6) is 11.5 Å². The highest BCUT2D eigenvalue weighted by molar-refractivity contribution is 7.92. The van der Waals surface area contributed by atoms with Crippen molar-refractivity contribution < 1.29 is 37.3 Å². The van der Waals surface area contributed by atoms with E-state index >= 15 is 0 Å². The lowest BCUT2D eigenvalue weighted by Gasteiger charge is -2.36. The zero-order valence-electron chi connectivity index (χ0n) is 29.5. The number of carbonyl (C=O) groups is 2. The third kappa shape index (κ3) is 10.7. The minimum Gasteiger partial charge on any atom is -0.497 e. The fourth-order valence-corrected chi connectivity index (χ4v) is 7.35. The molecule has 1 fully saturated rings. The number of nitrogens with zero attached hydrogens (tertiary/aromatic N) is 2. The van der Waals surface area contributed by atoms with Gasteiger partial charge in [0.25, 0.3) is 15.9 Å². The molecule has 0 radical (unpaired) electrons. The van der Waals surface area contributed by atoms with Crippen LogP contribution in [0.15, 0.2) is 47.4 Å². The number of urea groups is 1. The minimum absolute atomic E-state index is 0.0392. The molecule has 1 saturated carbocycles. The number of rotatable bonds is 9. The molecule has 0 aromatic heterocycles. The summed E-state index contributed by atoms with van der Waals surface area (Å²) >= 11 is 0. The van der Waals surface area contributed by atoms with E-state index in [-0.39, 0.29) is 59.5 Å². The lowest BCUT2D eigenvalue weighted by Crippen LogP contribution is -2.50. The number of aliphatic hydroxyl groups excluding tert-OH is 1. The number of hydrogen-bond donors (Lipinski definition) is 3. The Hall–Kier alpha value is -3.55. The van der Waals surface area contributed by atoms with Crippen molar-refractivity contribution in [2.45, 2.75) is 101 Å². The Balaban J connectivity index is 1.61. The quantitative estimate of drug-likeness (QED) is 0.321. The van der Waals surface area contributed by atoms with E-state index in [9.17, 15) is 23.1 Å². The highest BCUT2D eigenvalue weighted by Crippen LogP contribution is 2.30. The van der Waals surface area contributed by atoms with Crippen molar-refractivity contribution in [2.75, 3.05) is 45.2 Å². The van der Waals surface area contributed by atoms with Gasteiger partial charge in [-0.1, -0.05) is 26.2 Å². The molecule has 3 amide bonds. The number of nitrogens with one attached hydrogen (secondary N) is 2. The van der Waals surface area contributed by atoms with Crippen LogP contribution in [0.1, 0.15) is 82.5 Å².